The highest BCUT2D eigenvalue weighted by Crippen LogP contribution is 2.15. The lowest BCUT2D eigenvalue weighted by molar-refractivity contribution is -0.133. The van der Waals surface area contributed by atoms with Crippen LogP contribution in [0.1, 0.15) is 17.5 Å². The van der Waals surface area contributed by atoms with Crippen molar-refractivity contribution in [3.05, 3.63) is 52.2 Å². The summed E-state index contributed by atoms with van der Waals surface area (Å²) in [5.41, 5.74) is 1.87. The van der Waals surface area contributed by atoms with E-state index >= 15 is 0 Å². The van der Waals surface area contributed by atoms with Crippen molar-refractivity contribution in [3.8, 4) is 0 Å². The average Bonchev–Trinajstić information content (AvgIpc) is 3.08. The van der Waals surface area contributed by atoms with Crippen molar-refractivity contribution in [2.45, 2.75) is 32.5 Å². The van der Waals surface area contributed by atoms with Crippen LogP contribution in [0.15, 0.2) is 35.4 Å². The number of carbonyl (C=O) groups is 2. The van der Waals surface area contributed by atoms with Crippen LogP contribution >= 0.6 is 0 Å². The van der Waals surface area contributed by atoms with Crippen LogP contribution in [0.25, 0.3) is 0 Å². The molecule has 1 N–H and O–H groups in total. The average molecular weight is 343 g/mol. The first-order chi connectivity index (χ1) is 11.9. The zero-order valence-corrected chi connectivity index (χ0v) is 14.3. The number of amides is 2. The molecule has 1 fully saturated rings. The number of aryl methyl sites for hydroxylation is 2. The van der Waals surface area contributed by atoms with Gasteiger partial charge in [0.2, 0.25) is 11.8 Å². The third kappa shape index (κ3) is 3.78. The monoisotopic (exact) mass is 343 g/mol. The van der Waals surface area contributed by atoms with Crippen molar-refractivity contribution in [2.75, 3.05) is 6.54 Å². The molecule has 1 aromatic carbocycles. The number of likely N-dealkylation sites (tertiary alicyclic amines) is 1. The highest BCUT2D eigenvalue weighted by atomic mass is 16.2. The van der Waals surface area contributed by atoms with Crippen molar-refractivity contribution < 1.29 is 9.59 Å². The van der Waals surface area contributed by atoms with Crippen molar-refractivity contribution in [2.24, 2.45) is 7.05 Å². The number of carbonyl (C=O) groups excluding carboxylic acids is 2. The highest BCUT2D eigenvalue weighted by molar-refractivity contribution is 5.89. The van der Waals surface area contributed by atoms with Gasteiger partial charge in [0.15, 0.2) is 0 Å². The van der Waals surface area contributed by atoms with Gasteiger partial charge < -0.3 is 10.2 Å². The minimum Gasteiger partial charge on any atom is -0.343 e. The van der Waals surface area contributed by atoms with Gasteiger partial charge in [0.25, 0.3) is 0 Å². The Balaban J connectivity index is 1.56. The number of hydrogen-bond acceptors (Lipinski definition) is 4. The molecule has 8 nitrogen and oxygen atoms in total. The molecule has 0 aliphatic carbocycles. The lowest BCUT2D eigenvalue weighted by Gasteiger charge is -2.17. The van der Waals surface area contributed by atoms with Crippen LogP contribution in [0, 0.1) is 6.92 Å². The van der Waals surface area contributed by atoms with E-state index in [0.717, 1.165) is 10.2 Å². The maximum absolute atomic E-state index is 12.5. The van der Waals surface area contributed by atoms with Crippen LogP contribution in [0.2, 0.25) is 0 Å². The Bertz CT molecular complexity index is 837. The van der Waals surface area contributed by atoms with Gasteiger partial charge in [0.05, 0.1) is 0 Å². The van der Waals surface area contributed by atoms with Gasteiger partial charge in [-0.2, -0.15) is 5.10 Å². The van der Waals surface area contributed by atoms with E-state index in [-0.39, 0.29) is 18.1 Å². The number of benzene rings is 1. The van der Waals surface area contributed by atoms with E-state index in [1.54, 1.807) is 11.9 Å². The minimum absolute atomic E-state index is 0.0951. The Morgan fingerprint density at radius 3 is 2.64 bits per heavy atom. The first-order valence-corrected chi connectivity index (χ1v) is 8.16. The van der Waals surface area contributed by atoms with E-state index in [0.29, 0.717) is 19.5 Å². The van der Waals surface area contributed by atoms with Gasteiger partial charge in [0, 0.05) is 20.1 Å². The highest BCUT2D eigenvalue weighted by Gasteiger charge is 2.32. The third-order valence-corrected chi connectivity index (χ3v) is 4.31. The molecule has 1 atom stereocenters. The largest absolute Gasteiger partial charge is 0.345 e. The van der Waals surface area contributed by atoms with Gasteiger partial charge in [0.1, 0.15) is 18.9 Å². The van der Waals surface area contributed by atoms with Crippen LogP contribution in [0.5, 0.6) is 0 Å². The van der Waals surface area contributed by atoms with Gasteiger partial charge in [-0.15, -0.1) is 0 Å². The van der Waals surface area contributed by atoms with Gasteiger partial charge in [-0.05, 0) is 18.9 Å². The van der Waals surface area contributed by atoms with Crippen molar-refractivity contribution >= 4 is 11.8 Å². The molecule has 0 radical (unpaired) electrons. The Hall–Kier alpha value is -2.90. The molecule has 1 saturated heterocycles. The summed E-state index contributed by atoms with van der Waals surface area (Å²) in [5.74, 6) is -0.487. The van der Waals surface area contributed by atoms with Crippen LogP contribution in [-0.2, 0) is 29.7 Å². The number of hydrogen-bond donors (Lipinski definition) is 1. The van der Waals surface area contributed by atoms with E-state index in [1.807, 2.05) is 31.2 Å². The Morgan fingerprint density at radius 1 is 1.28 bits per heavy atom. The second-order valence-corrected chi connectivity index (χ2v) is 6.34. The summed E-state index contributed by atoms with van der Waals surface area (Å²) in [4.78, 5) is 38.0. The summed E-state index contributed by atoms with van der Waals surface area (Å²) in [6, 6.07) is 7.49. The van der Waals surface area contributed by atoms with Crippen molar-refractivity contribution in [3.63, 3.8) is 0 Å². The second-order valence-electron chi connectivity index (χ2n) is 6.34. The SMILES string of the molecule is Cc1ccc(CN2CC[C@@H](NC(=O)Cn3ncn(C)c3=O)C2=O)cc1. The van der Waals surface area contributed by atoms with E-state index in [4.69, 9.17) is 0 Å². The molecule has 1 aliphatic heterocycles. The molecule has 0 spiro atoms. The predicted octanol–water partition coefficient (Wildman–Crippen LogP) is -0.192. The number of rotatable bonds is 5. The van der Waals surface area contributed by atoms with E-state index < -0.39 is 11.9 Å². The van der Waals surface area contributed by atoms with Crippen LogP contribution in [-0.4, -0.2) is 43.6 Å². The summed E-state index contributed by atoms with van der Waals surface area (Å²) in [7, 11) is 1.56. The normalized spacial score (nSPS) is 17.1. The molecule has 8 heteroatoms. The lowest BCUT2D eigenvalue weighted by Crippen LogP contribution is -2.43. The van der Waals surface area contributed by atoms with Crippen LogP contribution in [0.4, 0.5) is 0 Å². The number of nitrogens with zero attached hydrogens (tertiary/aromatic N) is 4. The molecule has 0 unspecified atom stereocenters. The molecule has 0 saturated carbocycles. The quantitative estimate of drug-likeness (QED) is 0.815. The summed E-state index contributed by atoms with van der Waals surface area (Å²) < 4.78 is 2.36. The molecule has 3 rings (SSSR count). The van der Waals surface area contributed by atoms with Crippen LogP contribution in [0.3, 0.4) is 0 Å². The maximum Gasteiger partial charge on any atom is 0.345 e. The lowest BCUT2D eigenvalue weighted by atomic mass is 10.1. The fourth-order valence-corrected chi connectivity index (χ4v) is 2.85. The Kier molecular flexibility index (Phi) is 4.69. The summed E-state index contributed by atoms with van der Waals surface area (Å²) in [5, 5.41) is 6.54. The smallest absolute Gasteiger partial charge is 0.343 e. The van der Waals surface area contributed by atoms with Gasteiger partial charge in [-0.3, -0.25) is 14.2 Å². The van der Waals surface area contributed by atoms with E-state index in [2.05, 4.69) is 10.4 Å². The van der Waals surface area contributed by atoms with Gasteiger partial charge >= 0.3 is 5.69 Å². The standard InChI is InChI=1S/C17H21N5O3/c1-12-3-5-13(6-4-12)9-21-8-7-14(16(21)24)19-15(23)10-22-17(25)20(2)11-18-22/h3-6,11,14H,7-10H2,1-2H3,(H,19,23)/t14-/m1/s1. The molecule has 132 valence electrons. The molecular formula is C17H21N5O3. The summed E-state index contributed by atoms with van der Waals surface area (Å²) in [6.45, 7) is 2.96. The fraction of sp³-hybridized carbons (Fsp3) is 0.412. The van der Waals surface area contributed by atoms with Crippen molar-refractivity contribution in [1.29, 1.82) is 0 Å². The number of aromatic nitrogens is 3. The minimum atomic E-state index is -0.544. The maximum atomic E-state index is 12.5. The first-order valence-electron chi connectivity index (χ1n) is 8.16. The molecule has 1 aromatic heterocycles. The summed E-state index contributed by atoms with van der Waals surface area (Å²) in [6.07, 6.45) is 1.91. The Morgan fingerprint density at radius 2 is 2.00 bits per heavy atom. The van der Waals surface area contributed by atoms with Gasteiger partial charge in [-0.1, -0.05) is 29.8 Å². The fourth-order valence-electron chi connectivity index (χ4n) is 2.85. The molecule has 2 heterocycles. The summed E-state index contributed by atoms with van der Waals surface area (Å²) >= 11 is 0. The number of nitrogens with one attached hydrogen (secondary N) is 1. The predicted molar refractivity (Wildman–Crippen MR) is 90.6 cm³/mol. The molecule has 1 aliphatic rings. The van der Waals surface area contributed by atoms with E-state index in [9.17, 15) is 14.4 Å². The Labute approximate surface area is 145 Å². The molecular weight excluding hydrogens is 322 g/mol. The molecule has 2 amide bonds. The second kappa shape index (κ2) is 6.92. The molecule has 2 aromatic rings. The third-order valence-electron chi connectivity index (χ3n) is 4.31. The zero-order valence-electron chi connectivity index (χ0n) is 14.3. The molecule has 0 bridgehead atoms. The topological polar surface area (TPSA) is 89.2 Å². The van der Waals surface area contributed by atoms with Crippen LogP contribution < -0.4 is 11.0 Å². The first kappa shape index (κ1) is 16.9. The van der Waals surface area contributed by atoms with E-state index in [1.165, 1.54) is 16.5 Å². The van der Waals surface area contributed by atoms with Gasteiger partial charge in [-0.25, -0.2) is 9.48 Å². The molecule has 25 heavy (non-hydrogen) atoms. The van der Waals surface area contributed by atoms with Crippen molar-refractivity contribution in [1.82, 2.24) is 24.6 Å². The zero-order chi connectivity index (χ0) is 18.0.